The number of carbonyl (C=O) groups excluding carboxylic acids is 2. The Hall–Kier alpha value is -2.82. The first-order chi connectivity index (χ1) is 18.0. The van der Waals surface area contributed by atoms with E-state index in [9.17, 15) is 19.8 Å². The van der Waals surface area contributed by atoms with E-state index in [1.54, 1.807) is 21.0 Å². The van der Waals surface area contributed by atoms with Crippen LogP contribution in [0.3, 0.4) is 0 Å². The lowest BCUT2D eigenvalue weighted by atomic mass is 9.77. The van der Waals surface area contributed by atoms with Crippen LogP contribution in [0.1, 0.15) is 63.0 Å². The molecule has 10 nitrogen and oxygen atoms in total. The lowest BCUT2D eigenvalue weighted by Gasteiger charge is -2.39. The van der Waals surface area contributed by atoms with Crippen molar-refractivity contribution >= 4 is 11.9 Å². The van der Waals surface area contributed by atoms with Gasteiger partial charge in [0.2, 0.25) is 6.79 Å². The Kier molecular flexibility index (Phi) is 6.86. The molecule has 38 heavy (non-hydrogen) atoms. The molecule has 1 unspecified atom stereocenters. The van der Waals surface area contributed by atoms with E-state index in [0.717, 1.165) is 43.5 Å². The molecule has 0 saturated carbocycles. The van der Waals surface area contributed by atoms with Crippen molar-refractivity contribution in [1.82, 2.24) is 4.90 Å². The monoisotopic (exact) mass is 531 g/mol. The zero-order valence-electron chi connectivity index (χ0n) is 22.5. The third-order valence-electron chi connectivity index (χ3n) is 8.39. The van der Waals surface area contributed by atoms with Gasteiger partial charge in [-0.15, -0.1) is 0 Å². The number of rotatable bonds is 8. The maximum absolute atomic E-state index is 13.7. The number of carbonyl (C=O) groups is 2. The molecule has 1 spiro atoms. The number of benzene rings is 1. The molecular formula is C28H37NO9. The fraction of sp³-hybridized carbons (Fsp3) is 0.643. The molecule has 3 heterocycles. The largest absolute Gasteiger partial charge is 0.497 e. The van der Waals surface area contributed by atoms with Gasteiger partial charge in [0, 0.05) is 6.54 Å². The van der Waals surface area contributed by atoms with Crippen molar-refractivity contribution in [2.75, 3.05) is 34.1 Å². The van der Waals surface area contributed by atoms with E-state index >= 15 is 0 Å². The van der Waals surface area contributed by atoms with Crippen LogP contribution in [0, 0.1) is 0 Å². The zero-order chi connectivity index (χ0) is 27.3. The number of hydrogen-bond acceptors (Lipinski definition) is 10. The number of ether oxygens (including phenoxy) is 5. The van der Waals surface area contributed by atoms with Crippen LogP contribution < -0.4 is 9.47 Å². The van der Waals surface area contributed by atoms with Crippen molar-refractivity contribution in [3.63, 3.8) is 0 Å². The van der Waals surface area contributed by atoms with Crippen molar-refractivity contribution in [3.8, 4) is 11.5 Å². The summed E-state index contributed by atoms with van der Waals surface area (Å²) in [6.07, 6.45) is 3.18. The molecule has 0 amide bonds. The Balaban J connectivity index is 1.53. The molecule has 1 aromatic rings. The van der Waals surface area contributed by atoms with Crippen LogP contribution in [-0.2, 0) is 30.2 Å². The number of aliphatic hydroxyl groups is 2. The number of methoxy groups -OCH3 is 2. The zero-order valence-corrected chi connectivity index (χ0v) is 22.5. The molecule has 1 aliphatic carbocycles. The predicted molar refractivity (Wildman–Crippen MR) is 135 cm³/mol. The van der Waals surface area contributed by atoms with E-state index in [4.69, 9.17) is 23.7 Å². The van der Waals surface area contributed by atoms with Gasteiger partial charge < -0.3 is 33.9 Å². The maximum atomic E-state index is 13.7. The highest BCUT2D eigenvalue weighted by Crippen LogP contribution is 2.55. The van der Waals surface area contributed by atoms with Crippen molar-refractivity contribution in [2.45, 2.75) is 81.1 Å². The van der Waals surface area contributed by atoms with Gasteiger partial charge in [-0.3, -0.25) is 9.69 Å². The van der Waals surface area contributed by atoms with Gasteiger partial charge in [0.15, 0.2) is 23.2 Å². The highest BCUT2D eigenvalue weighted by Gasteiger charge is 2.59. The smallest absolute Gasteiger partial charge is 0.339 e. The van der Waals surface area contributed by atoms with E-state index in [0.29, 0.717) is 17.3 Å². The molecule has 1 aromatic carbocycles. The fourth-order valence-corrected chi connectivity index (χ4v) is 6.41. The Morgan fingerprint density at radius 2 is 1.87 bits per heavy atom. The number of esters is 2. The Morgan fingerprint density at radius 1 is 1.13 bits per heavy atom. The van der Waals surface area contributed by atoms with Crippen molar-refractivity contribution in [1.29, 1.82) is 0 Å². The van der Waals surface area contributed by atoms with Gasteiger partial charge in [0.1, 0.15) is 5.76 Å². The molecule has 5 rings (SSSR count). The summed E-state index contributed by atoms with van der Waals surface area (Å²) in [4.78, 5) is 28.3. The summed E-state index contributed by atoms with van der Waals surface area (Å²) in [5.74, 6) is -0.163. The van der Waals surface area contributed by atoms with E-state index in [1.165, 1.54) is 7.11 Å². The molecule has 1 saturated heterocycles. The Labute approximate surface area is 222 Å². The predicted octanol–water partition coefficient (Wildman–Crippen LogP) is 2.19. The second-order valence-corrected chi connectivity index (χ2v) is 11.4. The van der Waals surface area contributed by atoms with Crippen LogP contribution in [-0.4, -0.2) is 84.0 Å². The van der Waals surface area contributed by atoms with Crippen LogP contribution >= 0.6 is 0 Å². The first-order valence-electron chi connectivity index (χ1n) is 13.2. The highest BCUT2D eigenvalue weighted by molar-refractivity contribution is 5.86. The van der Waals surface area contributed by atoms with Crippen LogP contribution in [0.2, 0.25) is 0 Å². The minimum atomic E-state index is -2.18. The van der Waals surface area contributed by atoms with Crippen molar-refractivity contribution in [3.05, 3.63) is 35.1 Å². The van der Waals surface area contributed by atoms with Crippen molar-refractivity contribution < 1.29 is 43.5 Å². The molecule has 0 aromatic heterocycles. The molecule has 4 atom stereocenters. The minimum Gasteiger partial charge on any atom is -0.497 e. The van der Waals surface area contributed by atoms with Gasteiger partial charge in [0.25, 0.3) is 0 Å². The summed E-state index contributed by atoms with van der Waals surface area (Å²) in [5, 5.41) is 21.7. The number of nitrogens with zero attached hydrogens (tertiary/aromatic N) is 1. The molecule has 1 fully saturated rings. The van der Waals surface area contributed by atoms with Crippen LogP contribution in [0.15, 0.2) is 24.0 Å². The molecule has 2 N–H and O–H groups in total. The lowest BCUT2D eigenvalue weighted by molar-refractivity contribution is -0.179. The molecule has 3 aliphatic heterocycles. The molecule has 0 bridgehead atoms. The molecule has 0 radical (unpaired) electrons. The van der Waals surface area contributed by atoms with Gasteiger partial charge in [-0.05, 0) is 81.8 Å². The third-order valence-corrected chi connectivity index (χ3v) is 8.39. The number of hydrogen-bond donors (Lipinski definition) is 2. The van der Waals surface area contributed by atoms with E-state index in [2.05, 4.69) is 11.0 Å². The topological polar surface area (TPSA) is 124 Å². The lowest BCUT2D eigenvalue weighted by Crippen LogP contribution is -2.49. The summed E-state index contributed by atoms with van der Waals surface area (Å²) in [5.41, 5.74) is -1.69. The second kappa shape index (κ2) is 9.73. The standard InChI is InChI=1S/C28H37NO9/c1-26(2,32)8-9-28(33,15-22(30)35-4)25(31)38-24-21(34-3)14-27-7-5-10-29(27)11-6-17-12-19-20(37-16-36-19)13-18(17)23(24)27/h12-14,23-24,32-33H,5-11,15-16H2,1-4H3/t23-,24-,27-,28?/m1/s1. The average molecular weight is 532 g/mol. The molecule has 208 valence electrons. The average Bonchev–Trinajstić information content (AvgIpc) is 3.56. The summed E-state index contributed by atoms with van der Waals surface area (Å²) in [6.45, 7) is 5.04. The Bertz CT molecular complexity index is 1140. The summed E-state index contributed by atoms with van der Waals surface area (Å²) in [6, 6.07) is 3.99. The number of fused-ring (bicyclic) bond motifs is 3. The van der Waals surface area contributed by atoms with E-state index < -0.39 is 41.2 Å². The van der Waals surface area contributed by atoms with Crippen molar-refractivity contribution in [2.24, 2.45) is 0 Å². The van der Waals surface area contributed by atoms with Crippen LogP contribution in [0.5, 0.6) is 11.5 Å². The second-order valence-electron chi connectivity index (χ2n) is 11.4. The van der Waals surface area contributed by atoms with E-state index in [-0.39, 0.29) is 25.6 Å². The normalized spacial score (nSPS) is 27.4. The van der Waals surface area contributed by atoms with Gasteiger partial charge in [0.05, 0.1) is 37.7 Å². The van der Waals surface area contributed by atoms with Gasteiger partial charge >= 0.3 is 11.9 Å². The molecule has 10 heteroatoms. The summed E-state index contributed by atoms with van der Waals surface area (Å²) >= 11 is 0. The maximum Gasteiger partial charge on any atom is 0.339 e. The first-order valence-corrected chi connectivity index (χ1v) is 13.2. The van der Waals surface area contributed by atoms with Crippen LogP contribution in [0.4, 0.5) is 0 Å². The van der Waals surface area contributed by atoms with Gasteiger partial charge in [-0.25, -0.2) is 4.79 Å². The van der Waals surface area contributed by atoms with Crippen LogP contribution in [0.25, 0.3) is 0 Å². The highest BCUT2D eigenvalue weighted by atomic mass is 16.7. The molecule has 4 aliphatic rings. The first kappa shape index (κ1) is 26.8. The van der Waals surface area contributed by atoms with Gasteiger partial charge in [-0.2, -0.15) is 0 Å². The Morgan fingerprint density at radius 3 is 2.55 bits per heavy atom. The minimum absolute atomic E-state index is 0.0701. The molecular weight excluding hydrogens is 494 g/mol. The van der Waals surface area contributed by atoms with E-state index in [1.807, 2.05) is 12.1 Å². The fourth-order valence-electron chi connectivity index (χ4n) is 6.41. The van der Waals surface area contributed by atoms with Gasteiger partial charge in [-0.1, -0.05) is 0 Å². The third kappa shape index (κ3) is 4.63. The SMILES string of the molecule is COC(=O)CC(O)(CCC(C)(C)O)C(=O)O[C@@H]1C(OC)=C[C@@]23CCCN2CCc2cc4c(cc2[C@H]13)OCO4. The summed E-state index contributed by atoms with van der Waals surface area (Å²) in [7, 11) is 2.74. The summed E-state index contributed by atoms with van der Waals surface area (Å²) < 4.78 is 28.0. The quantitative estimate of drug-likeness (QED) is 0.483.